The molecule has 0 saturated carbocycles. The van der Waals surface area contributed by atoms with E-state index in [4.69, 9.17) is 5.11 Å². The molecule has 0 aromatic carbocycles. The number of hydrogen-bond acceptors (Lipinski definition) is 3. The first-order valence-electron chi connectivity index (χ1n) is 2.87. The lowest BCUT2D eigenvalue weighted by molar-refractivity contribution is 0.0656. The molecule has 1 aromatic heterocycles. The number of carboxylic acids is 1. The van der Waals surface area contributed by atoms with E-state index >= 15 is 0 Å². The molecule has 12 heavy (non-hydrogen) atoms. The molecule has 0 fully saturated rings. The van der Waals surface area contributed by atoms with Crippen LogP contribution in [0.15, 0.2) is 21.6 Å². The van der Waals surface area contributed by atoms with E-state index in [1.165, 1.54) is 6.07 Å². The van der Waals surface area contributed by atoms with Crippen molar-refractivity contribution in [1.82, 2.24) is 0 Å². The van der Waals surface area contributed by atoms with Crippen molar-refractivity contribution in [2.24, 2.45) is 0 Å². The highest BCUT2D eigenvalue weighted by molar-refractivity contribution is 7.99. The third-order valence-corrected chi connectivity index (χ3v) is 1.63. The van der Waals surface area contributed by atoms with E-state index in [1.54, 1.807) is 0 Å². The van der Waals surface area contributed by atoms with Crippen molar-refractivity contribution in [3.63, 3.8) is 0 Å². The van der Waals surface area contributed by atoms with E-state index in [2.05, 4.69) is 4.42 Å². The van der Waals surface area contributed by atoms with Gasteiger partial charge in [0.25, 0.3) is 5.76 Å². The number of carbonyl (C=O) groups is 1. The van der Waals surface area contributed by atoms with Crippen molar-refractivity contribution in [3.8, 4) is 0 Å². The molecule has 6 heteroatoms. The molecular weight excluding hydrogens is 190 g/mol. The first-order chi connectivity index (χ1) is 5.59. The maximum Gasteiger partial charge on any atom is 0.371 e. The van der Waals surface area contributed by atoms with Crippen LogP contribution in [0.3, 0.4) is 0 Å². The zero-order valence-electron chi connectivity index (χ0n) is 5.66. The first-order valence-corrected chi connectivity index (χ1v) is 3.75. The van der Waals surface area contributed by atoms with Crippen LogP contribution in [-0.2, 0) is 0 Å². The highest BCUT2D eigenvalue weighted by atomic mass is 32.2. The molecule has 1 rings (SSSR count). The van der Waals surface area contributed by atoms with Crippen molar-refractivity contribution in [2.45, 2.75) is 10.8 Å². The maximum atomic E-state index is 11.7. The van der Waals surface area contributed by atoms with Gasteiger partial charge < -0.3 is 9.52 Å². The molecule has 0 radical (unpaired) electrons. The van der Waals surface area contributed by atoms with Crippen molar-refractivity contribution in [3.05, 3.63) is 17.9 Å². The van der Waals surface area contributed by atoms with Crippen LogP contribution in [0, 0.1) is 0 Å². The predicted octanol–water partition coefficient (Wildman–Crippen LogP) is 2.29. The second kappa shape index (κ2) is 3.57. The Hall–Kier alpha value is -1.04. The van der Waals surface area contributed by atoms with E-state index < -0.39 is 11.7 Å². The molecule has 0 amide bonds. The lowest BCUT2D eigenvalue weighted by Crippen LogP contribution is -1.91. The minimum absolute atomic E-state index is 0.0950. The van der Waals surface area contributed by atoms with Gasteiger partial charge in [-0.1, -0.05) is 0 Å². The second-order valence-corrected chi connectivity index (χ2v) is 2.80. The van der Waals surface area contributed by atoms with Gasteiger partial charge in [0.05, 0.1) is 0 Å². The fraction of sp³-hybridized carbons (Fsp3) is 0.167. The topological polar surface area (TPSA) is 50.4 Å². The molecule has 0 bridgehead atoms. The SMILES string of the molecule is O=C(O)c1ccc(SC(F)F)o1. The van der Waals surface area contributed by atoms with Gasteiger partial charge in [-0.05, 0) is 23.9 Å². The summed E-state index contributed by atoms with van der Waals surface area (Å²) < 4.78 is 27.9. The second-order valence-electron chi connectivity index (χ2n) is 1.80. The smallest absolute Gasteiger partial charge is 0.371 e. The number of carboxylic acid groups (broad SMARTS) is 1. The minimum atomic E-state index is -2.60. The average Bonchev–Trinajstić information content (AvgIpc) is 2.34. The average molecular weight is 194 g/mol. The molecule has 0 spiro atoms. The third-order valence-electron chi connectivity index (χ3n) is 0.997. The summed E-state index contributed by atoms with van der Waals surface area (Å²) in [5.41, 5.74) is 0. The molecule has 66 valence electrons. The number of halogens is 2. The lowest BCUT2D eigenvalue weighted by atomic mass is 10.5. The predicted molar refractivity (Wildman–Crippen MR) is 37.5 cm³/mol. The van der Waals surface area contributed by atoms with E-state index in [-0.39, 0.29) is 22.6 Å². The zero-order valence-corrected chi connectivity index (χ0v) is 6.48. The van der Waals surface area contributed by atoms with Crippen LogP contribution in [0.25, 0.3) is 0 Å². The van der Waals surface area contributed by atoms with E-state index in [1.807, 2.05) is 0 Å². The normalized spacial score (nSPS) is 10.6. The summed E-state index contributed by atoms with van der Waals surface area (Å²) in [6, 6.07) is 2.33. The Morgan fingerprint density at radius 2 is 2.25 bits per heavy atom. The van der Waals surface area contributed by atoms with Crippen LogP contribution < -0.4 is 0 Å². The molecule has 0 aliphatic heterocycles. The largest absolute Gasteiger partial charge is 0.475 e. The number of hydrogen-bond donors (Lipinski definition) is 1. The Kier molecular flexibility index (Phi) is 2.69. The number of alkyl halides is 2. The van der Waals surface area contributed by atoms with Crippen LogP contribution in [0.4, 0.5) is 8.78 Å². The molecule has 0 unspecified atom stereocenters. The zero-order chi connectivity index (χ0) is 9.14. The Labute approximate surface area is 70.4 Å². The lowest BCUT2D eigenvalue weighted by Gasteiger charge is -1.92. The van der Waals surface area contributed by atoms with Gasteiger partial charge in [-0.25, -0.2) is 4.79 Å². The highest BCUT2D eigenvalue weighted by Gasteiger charge is 2.12. The van der Waals surface area contributed by atoms with Gasteiger partial charge in [0.1, 0.15) is 0 Å². The van der Waals surface area contributed by atoms with Crippen molar-refractivity contribution >= 4 is 17.7 Å². The van der Waals surface area contributed by atoms with Gasteiger partial charge >= 0.3 is 5.97 Å². The van der Waals surface area contributed by atoms with Crippen LogP contribution in [0.1, 0.15) is 10.6 Å². The Bertz CT molecular complexity index is 284. The van der Waals surface area contributed by atoms with Gasteiger partial charge in [-0.3, -0.25) is 0 Å². The third kappa shape index (κ3) is 2.23. The van der Waals surface area contributed by atoms with Gasteiger partial charge in [0.2, 0.25) is 5.76 Å². The Morgan fingerprint density at radius 1 is 1.58 bits per heavy atom. The van der Waals surface area contributed by atoms with Crippen molar-refractivity contribution in [2.75, 3.05) is 0 Å². The number of rotatable bonds is 3. The molecule has 0 aliphatic rings. The fourth-order valence-corrected chi connectivity index (χ4v) is 1.05. The van der Waals surface area contributed by atoms with Crippen molar-refractivity contribution < 1.29 is 23.1 Å². The van der Waals surface area contributed by atoms with Crippen LogP contribution in [-0.4, -0.2) is 16.8 Å². The minimum Gasteiger partial charge on any atom is -0.475 e. The first kappa shape index (κ1) is 9.05. The molecule has 1 N–H and O–H groups in total. The van der Waals surface area contributed by atoms with Crippen LogP contribution in [0.5, 0.6) is 0 Å². The monoisotopic (exact) mass is 194 g/mol. The quantitative estimate of drug-likeness (QED) is 0.750. The van der Waals surface area contributed by atoms with Crippen LogP contribution in [0.2, 0.25) is 0 Å². The fourth-order valence-electron chi connectivity index (χ4n) is 0.586. The number of thioether (sulfide) groups is 1. The molecule has 3 nitrogen and oxygen atoms in total. The standard InChI is InChI=1S/C6H4F2O3S/c7-6(8)12-4-2-1-3(11-4)5(9)10/h1-2,6H,(H,9,10). The van der Waals surface area contributed by atoms with E-state index in [0.717, 1.165) is 6.07 Å². The molecule has 1 aromatic rings. The molecule has 0 saturated heterocycles. The van der Waals surface area contributed by atoms with Gasteiger partial charge in [0.15, 0.2) is 5.09 Å². The summed E-state index contributed by atoms with van der Waals surface area (Å²) >= 11 is 0.173. The Balaban J connectivity index is 2.71. The van der Waals surface area contributed by atoms with E-state index in [9.17, 15) is 13.6 Å². The summed E-state index contributed by atoms with van der Waals surface area (Å²) in [6.07, 6.45) is 0. The molecule has 0 atom stereocenters. The summed E-state index contributed by atoms with van der Waals surface area (Å²) in [7, 11) is 0. The summed E-state index contributed by atoms with van der Waals surface area (Å²) in [4.78, 5) is 10.2. The molecule has 1 heterocycles. The highest BCUT2D eigenvalue weighted by Crippen LogP contribution is 2.26. The maximum absolute atomic E-state index is 11.7. The van der Waals surface area contributed by atoms with Crippen molar-refractivity contribution in [1.29, 1.82) is 0 Å². The Morgan fingerprint density at radius 3 is 2.67 bits per heavy atom. The summed E-state index contributed by atoms with van der Waals surface area (Å²) in [6.45, 7) is 0. The van der Waals surface area contributed by atoms with E-state index in [0.29, 0.717) is 0 Å². The molecule has 0 aliphatic carbocycles. The summed E-state index contributed by atoms with van der Waals surface area (Å²) in [5, 5.41) is 8.25. The molecular formula is C6H4F2O3S. The van der Waals surface area contributed by atoms with Gasteiger partial charge in [0, 0.05) is 0 Å². The van der Waals surface area contributed by atoms with Crippen LogP contribution >= 0.6 is 11.8 Å². The summed E-state index contributed by atoms with van der Waals surface area (Å²) in [5.74, 6) is -4.20. The number of aromatic carboxylic acids is 1. The number of furan rings is 1. The van der Waals surface area contributed by atoms with Gasteiger partial charge in [-0.2, -0.15) is 8.78 Å². The van der Waals surface area contributed by atoms with Gasteiger partial charge in [-0.15, -0.1) is 0 Å².